The van der Waals surface area contributed by atoms with Gasteiger partial charge in [-0.1, -0.05) is 0 Å². The summed E-state index contributed by atoms with van der Waals surface area (Å²) >= 11 is 0. The van der Waals surface area contributed by atoms with Gasteiger partial charge in [0.1, 0.15) is 0 Å². The largest absolute Gasteiger partial charge is 0.362 e. The third kappa shape index (κ3) is 0.661. The van der Waals surface area contributed by atoms with Gasteiger partial charge in [0.15, 0.2) is 5.67 Å². The molecule has 1 nitrogen and oxygen atoms in total. The summed E-state index contributed by atoms with van der Waals surface area (Å²) in [5, 5.41) is 0. The van der Waals surface area contributed by atoms with Crippen LogP contribution in [0.25, 0.3) is 0 Å². The van der Waals surface area contributed by atoms with Gasteiger partial charge >= 0.3 is 0 Å². The van der Waals surface area contributed by atoms with Gasteiger partial charge in [0.25, 0.3) is 0 Å². The fourth-order valence-electron chi connectivity index (χ4n) is 0.988. The predicted octanol–water partition coefficient (Wildman–Crippen LogP) is 1.97. The van der Waals surface area contributed by atoms with Crippen molar-refractivity contribution in [3.8, 4) is 0 Å². The van der Waals surface area contributed by atoms with E-state index in [-0.39, 0.29) is 0 Å². The molecule has 0 atom stereocenters. The molecule has 1 saturated carbocycles. The van der Waals surface area contributed by atoms with E-state index in [0.29, 0.717) is 12.8 Å². The maximum absolute atomic E-state index is 13.0. The normalized spacial score (nSPS) is 21.9. The molecule has 0 saturated heterocycles. The number of aromatic amines is 1. The van der Waals surface area contributed by atoms with Gasteiger partial charge in [0.2, 0.25) is 0 Å². The van der Waals surface area contributed by atoms with Crippen LogP contribution in [0.15, 0.2) is 18.3 Å². The van der Waals surface area contributed by atoms with Crippen molar-refractivity contribution in [1.82, 2.24) is 4.98 Å². The maximum Gasteiger partial charge on any atom is 0.150 e. The Kier molecular flexibility index (Phi) is 0.770. The second kappa shape index (κ2) is 1.38. The number of halogens is 1. The number of hydrogen-bond donors (Lipinski definition) is 1. The highest BCUT2D eigenvalue weighted by molar-refractivity contribution is 5.19. The molecule has 0 aromatic carbocycles. The van der Waals surface area contributed by atoms with Crippen LogP contribution in [0.4, 0.5) is 4.39 Å². The minimum atomic E-state index is -0.983. The van der Waals surface area contributed by atoms with E-state index in [2.05, 4.69) is 4.98 Å². The number of rotatable bonds is 1. The van der Waals surface area contributed by atoms with Gasteiger partial charge in [-0.05, 0) is 25.0 Å². The number of alkyl halides is 1. The molecular formula is C7H8FN. The Hall–Kier alpha value is -0.790. The molecule has 2 rings (SSSR count). The van der Waals surface area contributed by atoms with Gasteiger partial charge in [-0.2, -0.15) is 0 Å². The van der Waals surface area contributed by atoms with Gasteiger partial charge in [-0.25, -0.2) is 4.39 Å². The highest BCUT2D eigenvalue weighted by Crippen LogP contribution is 2.48. The summed E-state index contributed by atoms with van der Waals surface area (Å²) in [5.41, 5.74) is -0.244. The lowest BCUT2D eigenvalue weighted by atomic mass is 10.3. The maximum atomic E-state index is 13.0. The summed E-state index contributed by atoms with van der Waals surface area (Å²) in [6, 6.07) is 3.63. The molecule has 0 aliphatic heterocycles. The molecule has 0 radical (unpaired) electrons. The molecule has 1 N–H and O–H groups in total. The lowest BCUT2D eigenvalue weighted by molar-refractivity contribution is 0.310. The SMILES string of the molecule is FC1(c2ccc[nH]2)CC1. The zero-order chi connectivity index (χ0) is 6.32. The van der Waals surface area contributed by atoms with Crippen LogP contribution in [0.3, 0.4) is 0 Å². The molecule has 9 heavy (non-hydrogen) atoms. The molecule has 1 aliphatic carbocycles. The van der Waals surface area contributed by atoms with E-state index in [9.17, 15) is 4.39 Å². The van der Waals surface area contributed by atoms with Crippen molar-refractivity contribution >= 4 is 0 Å². The van der Waals surface area contributed by atoms with Crippen LogP contribution in [0.2, 0.25) is 0 Å². The molecule has 2 heteroatoms. The van der Waals surface area contributed by atoms with Crippen LogP contribution >= 0.6 is 0 Å². The zero-order valence-electron chi connectivity index (χ0n) is 5.02. The fourth-order valence-corrected chi connectivity index (χ4v) is 0.988. The molecule has 1 aliphatic rings. The van der Waals surface area contributed by atoms with Crippen LogP contribution in [0.1, 0.15) is 18.5 Å². The summed E-state index contributed by atoms with van der Waals surface area (Å²) in [6.45, 7) is 0. The first-order valence-corrected chi connectivity index (χ1v) is 3.14. The third-order valence-electron chi connectivity index (χ3n) is 1.77. The van der Waals surface area contributed by atoms with Gasteiger partial charge in [-0.3, -0.25) is 0 Å². The Bertz CT molecular complexity index is 199. The van der Waals surface area contributed by atoms with Gasteiger partial charge in [0, 0.05) is 6.20 Å². The molecule has 48 valence electrons. The first-order chi connectivity index (χ1) is 4.31. The number of H-pyrrole nitrogens is 1. The zero-order valence-corrected chi connectivity index (χ0v) is 5.02. The van der Waals surface area contributed by atoms with Crippen molar-refractivity contribution in [2.45, 2.75) is 18.5 Å². The van der Waals surface area contributed by atoms with E-state index in [4.69, 9.17) is 0 Å². The predicted molar refractivity (Wildman–Crippen MR) is 32.8 cm³/mol. The van der Waals surface area contributed by atoms with Crippen molar-refractivity contribution in [1.29, 1.82) is 0 Å². The quantitative estimate of drug-likeness (QED) is 0.590. The smallest absolute Gasteiger partial charge is 0.150 e. The Morgan fingerprint density at radius 3 is 2.78 bits per heavy atom. The standard InChI is InChI=1S/C7H8FN/c8-7(3-4-7)6-2-1-5-9-6/h1-2,5,9H,3-4H2. The van der Waals surface area contributed by atoms with E-state index in [1.807, 2.05) is 6.07 Å². The third-order valence-corrected chi connectivity index (χ3v) is 1.77. The number of hydrogen-bond acceptors (Lipinski definition) is 0. The van der Waals surface area contributed by atoms with Gasteiger partial charge in [0.05, 0.1) is 5.69 Å². The number of nitrogens with one attached hydrogen (secondary N) is 1. The molecule has 1 aromatic heterocycles. The molecule has 1 aromatic rings. The van der Waals surface area contributed by atoms with E-state index in [1.54, 1.807) is 12.3 Å². The van der Waals surface area contributed by atoms with Crippen molar-refractivity contribution < 1.29 is 4.39 Å². The van der Waals surface area contributed by atoms with E-state index < -0.39 is 5.67 Å². The highest BCUT2D eigenvalue weighted by Gasteiger charge is 2.45. The minimum Gasteiger partial charge on any atom is -0.362 e. The average molecular weight is 125 g/mol. The Morgan fingerprint density at radius 2 is 2.33 bits per heavy atom. The Balaban J connectivity index is 2.34. The van der Waals surface area contributed by atoms with Crippen molar-refractivity contribution in [3.05, 3.63) is 24.0 Å². The molecular weight excluding hydrogens is 117 g/mol. The van der Waals surface area contributed by atoms with Crippen LogP contribution in [-0.4, -0.2) is 4.98 Å². The highest BCUT2D eigenvalue weighted by atomic mass is 19.1. The Morgan fingerprint density at radius 1 is 1.56 bits per heavy atom. The molecule has 1 heterocycles. The summed E-state index contributed by atoms with van der Waals surface area (Å²) in [7, 11) is 0. The van der Waals surface area contributed by atoms with Crippen molar-refractivity contribution in [3.63, 3.8) is 0 Å². The van der Waals surface area contributed by atoms with Crippen LogP contribution in [0, 0.1) is 0 Å². The summed E-state index contributed by atoms with van der Waals surface area (Å²) < 4.78 is 13.0. The first kappa shape index (κ1) is 5.03. The Labute approximate surface area is 52.9 Å². The summed E-state index contributed by atoms with van der Waals surface area (Å²) in [4.78, 5) is 2.86. The fraction of sp³-hybridized carbons (Fsp3) is 0.429. The van der Waals surface area contributed by atoms with Gasteiger partial charge < -0.3 is 4.98 Å². The van der Waals surface area contributed by atoms with E-state index in [0.717, 1.165) is 5.69 Å². The van der Waals surface area contributed by atoms with Crippen LogP contribution < -0.4 is 0 Å². The molecule has 0 spiro atoms. The lowest BCUT2D eigenvalue weighted by Gasteiger charge is -1.97. The van der Waals surface area contributed by atoms with Crippen molar-refractivity contribution in [2.75, 3.05) is 0 Å². The topological polar surface area (TPSA) is 15.8 Å². The molecule has 0 bridgehead atoms. The monoisotopic (exact) mass is 125 g/mol. The lowest BCUT2D eigenvalue weighted by Crippen LogP contribution is -1.95. The van der Waals surface area contributed by atoms with E-state index >= 15 is 0 Å². The molecule has 0 amide bonds. The molecule has 0 unspecified atom stereocenters. The summed E-state index contributed by atoms with van der Waals surface area (Å²) in [6.07, 6.45) is 3.13. The van der Waals surface area contributed by atoms with E-state index in [1.165, 1.54) is 0 Å². The average Bonchev–Trinajstić information content (AvgIpc) is 2.46. The summed E-state index contributed by atoms with van der Waals surface area (Å²) in [5.74, 6) is 0. The second-order valence-electron chi connectivity index (χ2n) is 2.55. The first-order valence-electron chi connectivity index (χ1n) is 3.14. The van der Waals surface area contributed by atoms with Crippen LogP contribution in [-0.2, 0) is 5.67 Å². The minimum absolute atomic E-state index is 0.688. The number of aromatic nitrogens is 1. The van der Waals surface area contributed by atoms with Crippen molar-refractivity contribution in [2.24, 2.45) is 0 Å². The molecule has 1 fully saturated rings. The second-order valence-corrected chi connectivity index (χ2v) is 2.55. The van der Waals surface area contributed by atoms with Crippen LogP contribution in [0.5, 0.6) is 0 Å². The van der Waals surface area contributed by atoms with Gasteiger partial charge in [-0.15, -0.1) is 0 Å².